The molecule has 0 unspecified atom stereocenters. The standard InChI is InChI=1S/C16H10F2N2/c17-15-8-14(12-4-2-6-20-10-12)16(18)7-13(15)11-3-1-5-19-9-11/h1-10H. The Kier molecular flexibility index (Phi) is 3.21. The Morgan fingerprint density at radius 2 is 1.15 bits per heavy atom. The van der Waals surface area contributed by atoms with Crippen molar-refractivity contribution < 1.29 is 8.78 Å². The summed E-state index contributed by atoms with van der Waals surface area (Å²) in [5.41, 5.74) is 1.48. The van der Waals surface area contributed by atoms with Gasteiger partial charge in [0.2, 0.25) is 0 Å². The van der Waals surface area contributed by atoms with Crippen LogP contribution < -0.4 is 0 Å². The van der Waals surface area contributed by atoms with Gasteiger partial charge in [0, 0.05) is 47.0 Å². The van der Waals surface area contributed by atoms with Gasteiger partial charge in [0.15, 0.2) is 0 Å². The van der Waals surface area contributed by atoms with E-state index in [1.807, 2.05) is 0 Å². The third-order valence-corrected chi connectivity index (χ3v) is 3.00. The van der Waals surface area contributed by atoms with Crippen molar-refractivity contribution in [1.82, 2.24) is 9.97 Å². The third-order valence-electron chi connectivity index (χ3n) is 3.00. The zero-order valence-electron chi connectivity index (χ0n) is 10.4. The molecule has 20 heavy (non-hydrogen) atoms. The van der Waals surface area contributed by atoms with E-state index in [-0.39, 0.29) is 11.1 Å². The van der Waals surface area contributed by atoms with Crippen LogP contribution in [0.3, 0.4) is 0 Å². The van der Waals surface area contributed by atoms with Crippen LogP contribution in [0.4, 0.5) is 8.78 Å². The minimum atomic E-state index is -0.488. The molecule has 0 fully saturated rings. The number of hydrogen-bond acceptors (Lipinski definition) is 2. The molecule has 0 saturated carbocycles. The van der Waals surface area contributed by atoms with Gasteiger partial charge in [0.05, 0.1) is 0 Å². The van der Waals surface area contributed by atoms with E-state index in [9.17, 15) is 8.78 Å². The molecule has 0 aliphatic carbocycles. The van der Waals surface area contributed by atoms with Gasteiger partial charge in [-0.05, 0) is 24.3 Å². The van der Waals surface area contributed by atoms with Gasteiger partial charge < -0.3 is 0 Å². The van der Waals surface area contributed by atoms with Crippen molar-refractivity contribution in [3.63, 3.8) is 0 Å². The quantitative estimate of drug-likeness (QED) is 0.699. The molecule has 0 saturated heterocycles. The molecule has 4 heteroatoms. The number of hydrogen-bond donors (Lipinski definition) is 0. The summed E-state index contributed by atoms with van der Waals surface area (Å²) >= 11 is 0. The van der Waals surface area contributed by atoms with E-state index in [0.29, 0.717) is 11.1 Å². The van der Waals surface area contributed by atoms with Crippen LogP contribution in [-0.4, -0.2) is 9.97 Å². The second kappa shape index (κ2) is 5.17. The van der Waals surface area contributed by atoms with Crippen molar-refractivity contribution in [3.05, 3.63) is 72.8 Å². The molecule has 0 spiro atoms. The molecule has 3 aromatic rings. The number of halogens is 2. The number of nitrogens with zero attached hydrogens (tertiary/aromatic N) is 2. The molecule has 0 radical (unpaired) electrons. The molecule has 2 nitrogen and oxygen atoms in total. The monoisotopic (exact) mass is 268 g/mol. The summed E-state index contributed by atoms with van der Waals surface area (Å²) in [7, 11) is 0. The van der Waals surface area contributed by atoms with Crippen molar-refractivity contribution in [3.8, 4) is 22.3 Å². The summed E-state index contributed by atoms with van der Waals surface area (Å²) in [6.07, 6.45) is 6.17. The van der Waals surface area contributed by atoms with Crippen LogP contribution in [0.2, 0.25) is 0 Å². The summed E-state index contributed by atoms with van der Waals surface area (Å²) < 4.78 is 28.4. The SMILES string of the molecule is Fc1cc(-c2cccnc2)c(F)cc1-c1cccnc1. The second-order valence-electron chi connectivity index (χ2n) is 4.30. The molecule has 0 N–H and O–H groups in total. The first-order valence-electron chi connectivity index (χ1n) is 6.05. The van der Waals surface area contributed by atoms with Crippen molar-refractivity contribution in [2.24, 2.45) is 0 Å². The molecular formula is C16H10F2N2. The van der Waals surface area contributed by atoms with Crippen LogP contribution in [0.1, 0.15) is 0 Å². The van der Waals surface area contributed by atoms with E-state index in [1.54, 1.807) is 36.7 Å². The fraction of sp³-hybridized carbons (Fsp3) is 0. The van der Waals surface area contributed by atoms with Crippen molar-refractivity contribution >= 4 is 0 Å². The highest BCUT2D eigenvalue weighted by Crippen LogP contribution is 2.29. The van der Waals surface area contributed by atoms with E-state index >= 15 is 0 Å². The molecule has 0 bridgehead atoms. The highest BCUT2D eigenvalue weighted by atomic mass is 19.1. The van der Waals surface area contributed by atoms with Crippen LogP contribution in [0.15, 0.2) is 61.2 Å². The number of aromatic nitrogens is 2. The number of benzene rings is 1. The summed E-state index contributed by atoms with van der Waals surface area (Å²) in [5, 5.41) is 0. The van der Waals surface area contributed by atoms with Crippen molar-refractivity contribution in [2.75, 3.05) is 0 Å². The van der Waals surface area contributed by atoms with Gasteiger partial charge in [-0.1, -0.05) is 12.1 Å². The average Bonchev–Trinajstić information content (AvgIpc) is 2.51. The van der Waals surface area contributed by atoms with Gasteiger partial charge in [-0.25, -0.2) is 8.78 Å². The maximum Gasteiger partial charge on any atom is 0.131 e. The Morgan fingerprint density at radius 3 is 1.50 bits per heavy atom. The van der Waals surface area contributed by atoms with E-state index in [1.165, 1.54) is 24.5 Å². The van der Waals surface area contributed by atoms with E-state index in [2.05, 4.69) is 9.97 Å². The third kappa shape index (κ3) is 2.28. The first-order chi connectivity index (χ1) is 9.75. The van der Waals surface area contributed by atoms with Crippen LogP contribution in [0.5, 0.6) is 0 Å². The topological polar surface area (TPSA) is 25.8 Å². The van der Waals surface area contributed by atoms with Gasteiger partial charge in [-0.2, -0.15) is 0 Å². The molecule has 2 aromatic heterocycles. The maximum atomic E-state index is 14.2. The summed E-state index contributed by atoms with van der Waals surface area (Å²) in [6.45, 7) is 0. The van der Waals surface area contributed by atoms with E-state index in [4.69, 9.17) is 0 Å². The zero-order chi connectivity index (χ0) is 13.9. The van der Waals surface area contributed by atoms with Gasteiger partial charge in [-0.15, -0.1) is 0 Å². The summed E-state index contributed by atoms with van der Waals surface area (Å²) in [5.74, 6) is -0.975. The van der Waals surface area contributed by atoms with Crippen LogP contribution >= 0.6 is 0 Å². The van der Waals surface area contributed by atoms with E-state index in [0.717, 1.165) is 0 Å². The summed E-state index contributed by atoms with van der Waals surface area (Å²) in [6, 6.07) is 9.12. The van der Waals surface area contributed by atoms with Gasteiger partial charge in [0.25, 0.3) is 0 Å². The van der Waals surface area contributed by atoms with Crippen LogP contribution in [0, 0.1) is 11.6 Å². The minimum Gasteiger partial charge on any atom is -0.264 e. The smallest absolute Gasteiger partial charge is 0.131 e. The maximum absolute atomic E-state index is 14.2. The average molecular weight is 268 g/mol. The molecule has 0 amide bonds. The summed E-state index contributed by atoms with van der Waals surface area (Å²) in [4.78, 5) is 7.83. The largest absolute Gasteiger partial charge is 0.264 e. The Hall–Kier alpha value is -2.62. The number of rotatable bonds is 2. The highest BCUT2D eigenvalue weighted by molar-refractivity contribution is 5.70. The van der Waals surface area contributed by atoms with Crippen molar-refractivity contribution in [1.29, 1.82) is 0 Å². The van der Waals surface area contributed by atoms with Crippen molar-refractivity contribution in [2.45, 2.75) is 0 Å². The minimum absolute atomic E-state index is 0.197. The second-order valence-corrected chi connectivity index (χ2v) is 4.30. The van der Waals surface area contributed by atoms with Crippen LogP contribution in [-0.2, 0) is 0 Å². The first-order valence-corrected chi connectivity index (χ1v) is 6.05. The van der Waals surface area contributed by atoms with Gasteiger partial charge >= 0.3 is 0 Å². The molecule has 0 aliphatic heterocycles. The Bertz CT molecular complexity index is 663. The molecule has 0 aliphatic rings. The van der Waals surface area contributed by atoms with E-state index < -0.39 is 11.6 Å². The highest BCUT2D eigenvalue weighted by Gasteiger charge is 2.13. The normalized spacial score (nSPS) is 10.5. The molecular weight excluding hydrogens is 258 g/mol. The number of pyridine rings is 2. The van der Waals surface area contributed by atoms with Gasteiger partial charge in [-0.3, -0.25) is 9.97 Å². The predicted molar refractivity (Wildman–Crippen MR) is 72.8 cm³/mol. The Balaban J connectivity index is 2.13. The lowest BCUT2D eigenvalue weighted by Crippen LogP contribution is -1.92. The lowest BCUT2D eigenvalue weighted by molar-refractivity contribution is 0.606. The first kappa shape index (κ1) is 12.4. The molecule has 0 atom stereocenters. The van der Waals surface area contributed by atoms with Gasteiger partial charge in [0.1, 0.15) is 11.6 Å². The lowest BCUT2D eigenvalue weighted by Gasteiger charge is -2.08. The fourth-order valence-corrected chi connectivity index (χ4v) is 2.03. The molecule has 1 aromatic carbocycles. The fourth-order valence-electron chi connectivity index (χ4n) is 2.03. The zero-order valence-corrected chi connectivity index (χ0v) is 10.4. The Morgan fingerprint density at radius 1 is 0.700 bits per heavy atom. The van der Waals surface area contributed by atoms with Crippen LogP contribution in [0.25, 0.3) is 22.3 Å². The molecule has 98 valence electrons. The molecule has 2 heterocycles. The molecule has 3 rings (SSSR count). The predicted octanol–water partition coefficient (Wildman–Crippen LogP) is 4.09. The lowest BCUT2D eigenvalue weighted by atomic mass is 10.0. The Labute approximate surface area is 114 Å².